The van der Waals surface area contributed by atoms with Crippen LogP contribution < -0.4 is 5.32 Å². The Morgan fingerprint density at radius 1 is 1.37 bits per heavy atom. The van der Waals surface area contributed by atoms with Gasteiger partial charge in [0.2, 0.25) is 0 Å². The Kier molecular flexibility index (Phi) is 3.85. The summed E-state index contributed by atoms with van der Waals surface area (Å²) in [5.74, 6) is 0.675. The molecule has 1 N–H and O–H groups in total. The van der Waals surface area contributed by atoms with Crippen molar-refractivity contribution < 1.29 is 4.39 Å². The molecule has 0 radical (unpaired) electrons. The van der Waals surface area contributed by atoms with Crippen molar-refractivity contribution in [2.24, 2.45) is 5.92 Å². The minimum Gasteiger partial charge on any atom is -0.319 e. The third kappa shape index (κ3) is 2.67. The topological polar surface area (TPSA) is 15.3 Å². The zero-order valence-corrected chi connectivity index (χ0v) is 11.7. The molecule has 0 amide bonds. The third-order valence-corrected chi connectivity index (χ3v) is 4.64. The maximum absolute atomic E-state index is 13.3. The second-order valence-electron chi connectivity index (χ2n) is 5.96. The smallest absolute Gasteiger partial charge is 0.123 e. The summed E-state index contributed by atoms with van der Waals surface area (Å²) in [4.78, 5) is 2.62. The molecule has 1 fully saturated rings. The lowest BCUT2D eigenvalue weighted by atomic mass is 9.95. The van der Waals surface area contributed by atoms with Gasteiger partial charge in [-0.15, -0.1) is 0 Å². The summed E-state index contributed by atoms with van der Waals surface area (Å²) in [6.45, 7) is 3.49. The highest BCUT2D eigenvalue weighted by Crippen LogP contribution is 2.37. The van der Waals surface area contributed by atoms with E-state index in [1.807, 2.05) is 13.1 Å². The van der Waals surface area contributed by atoms with E-state index in [-0.39, 0.29) is 5.82 Å². The van der Waals surface area contributed by atoms with Crippen molar-refractivity contribution >= 4 is 0 Å². The predicted molar refractivity (Wildman–Crippen MR) is 75.7 cm³/mol. The fraction of sp³-hybridized carbons (Fsp3) is 0.625. The van der Waals surface area contributed by atoms with Gasteiger partial charge >= 0.3 is 0 Å². The molecule has 1 saturated heterocycles. The van der Waals surface area contributed by atoms with Crippen molar-refractivity contribution in [2.75, 3.05) is 26.7 Å². The lowest BCUT2D eigenvalue weighted by Crippen LogP contribution is -2.40. The first kappa shape index (κ1) is 13.1. The zero-order chi connectivity index (χ0) is 13.2. The Bertz CT molecular complexity index is 444. The molecule has 104 valence electrons. The van der Waals surface area contributed by atoms with Crippen LogP contribution in [0.2, 0.25) is 0 Å². The summed E-state index contributed by atoms with van der Waals surface area (Å²) in [6.07, 6.45) is 4.82. The average molecular weight is 262 g/mol. The van der Waals surface area contributed by atoms with Crippen molar-refractivity contribution in [3.8, 4) is 0 Å². The number of likely N-dealkylation sites (tertiary alicyclic amines) is 1. The molecule has 19 heavy (non-hydrogen) atoms. The van der Waals surface area contributed by atoms with Gasteiger partial charge in [-0.1, -0.05) is 6.07 Å². The monoisotopic (exact) mass is 262 g/mol. The van der Waals surface area contributed by atoms with E-state index in [1.54, 1.807) is 12.1 Å². The molecular weight excluding hydrogens is 239 g/mol. The fourth-order valence-electron chi connectivity index (χ4n) is 3.78. The van der Waals surface area contributed by atoms with E-state index in [2.05, 4.69) is 10.2 Å². The van der Waals surface area contributed by atoms with E-state index in [4.69, 9.17) is 0 Å². The molecule has 2 nitrogen and oxygen atoms in total. The summed E-state index contributed by atoms with van der Waals surface area (Å²) in [5.41, 5.74) is 2.59. The largest absolute Gasteiger partial charge is 0.319 e. The Morgan fingerprint density at radius 2 is 2.26 bits per heavy atom. The molecule has 1 heterocycles. The number of fused-ring (bicyclic) bond motifs is 1. The zero-order valence-electron chi connectivity index (χ0n) is 11.7. The minimum atomic E-state index is -0.0916. The molecule has 2 atom stereocenters. The third-order valence-electron chi connectivity index (χ3n) is 4.64. The van der Waals surface area contributed by atoms with Gasteiger partial charge in [-0.3, -0.25) is 4.90 Å². The van der Waals surface area contributed by atoms with Crippen LogP contribution in [-0.2, 0) is 6.42 Å². The highest BCUT2D eigenvalue weighted by Gasteiger charge is 2.31. The molecule has 1 aromatic rings. The maximum Gasteiger partial charge on any atom is 0.123 e. The number of nitrogens with zero attached hydrogens (tertiary/aromatic N) is 1. The fourth-order valence-corrected chi connectivity index (χ4v) is 3.78. The molecular formula is C16H23FN2. The highest BCUT2D eigenvalue weighted by molar-refractivity contribution is 5.35. The molecule has 0 saturated carbocycles. The van der Waals surface area contributed by atoms with E-state index >= 15 is 0 Å². The first-order valence-electron chi connectivity index (χ1n) is 7.45. The van der Waals surface area contributed by atoms with E-state index in [0.29, 0.717) is 6.04 Å². The van der Waals surface area contributed by atoms with Crippen LogP contribution in [0.15, 0.2) is 18.2 Å². The molecule has 0 spiro atoms. The normalized spacial score (nSPS) is 27.5. The van der Waals surface area contributed by atoms with Crippen LogP contribution >= 0.6 is 0 Å². The molecule has 2 aliphatic rings. The van der Waals surface area contributed by atoms with Crippen LogP contribution in [0, 0.1) is 11.7 Å². The minimum absolute atomic E-state index is 0.0916. The quantitative estimate of drug-likeness (QED) is 0.901. The maximum atomic E-state index is 13.3. The van der Waals surface area contributed by atoms with Crippen molar-refractivity contribution in [1.29, 1.82) is 0 Å². The molecule has 0 aromatic heterocycles. The number of piperidine rings is 1. The van der Waals surface area contributed by atoms with E-state index in [9.17, 15) is 4.39 Å². The van der Waals surface area contributed by atoms with Crippen molar-refractivity contribution in [2.45, 2.75) is 31.7 Å². The Labute approximate surface area is 115 Å². The van der Waals surface area contributed by atoms with Gasteiger partial charge in [0.05, 0.1) is 0 Å². The molecule has 1 aromatic carbocycles. The van der Waals surface area contributed by atoms with Gasteiger partial charge in [-0.05, 0) is 75.0 Å². The Hall–Kier alpha value is -0.930. The molecule has 1 aliphatic heterocycles. The lowest BCUT2D eigenvalue weighted by Gasteiger charge is -2.37. The van der Waals surface area contributed by atoms with Crippen LogP contribution in [-0.4, -0.2) is 31.6 Å². The van der Waals surface area contributed by atoms with E-state index in [1.165, 1.54) is 37.1 Å². The number of hydrogen-bond donors (Lipinski definition) is 1. The second-order valence-corrected chi connectivity index (χ2v) is 5.96. The number of hydrogen-bond acceptors (Lipinski definition) is 2. The van der Waals surface area contributed by atoms with Crippen molar-refractivity contribution in [1.82, 2.24) is 10.2 Å². The molecule has 1 aliphatic carbocycles. The van der Waals surface area contributed by atoms with Gasteiger partial charge in [0.15, 0.2) is 0 Å². The lowest BCUT2D eigenvalue weighted by molar-refractivity contribution is 0.122. The SMILES string of the molecule is CNCC1CCCN(C2CCc3cc(F)ccc32)C1. The highest BCUT2D eigenvalue weighted by atomic mass is 19.1. The van der Waals surface area contributed by atoms with Gasteiger partial charge in [0.1, 0.15) is 5.82 Å². The number of halogens is 1. The van der Waals surface area contributed by atoms with Crippen molar-refractivity contribution in [3.05, 3.63) is 35.1 Å². The van der Waals surface area contributed by atoms with Gasteiger partial charge < -0.3 is 5.32 Å². The number of rotatable bonds is 3. The van der Waals surface area contributed by atoms with Gasteiger partial charge in [0, 0.05) is 12.6 Å². The van der Waals surface area contributed by atoms with Crippen molar-refractivity contribution in [3.63, 3.8) is 0 Å². The Morgan fingerprint density at radius 3 is 3.11 bits per heavy atom. The van der Waals surface area contributed by atoms with Crippen LogP contribution in [0.4, 0.5) is 4.39 Å². The molecule has 0 bridgehead atoms. The molecule has 3 heteroatoms. The number of nitrogens with one attached hydrogen (secondary N) is 1. The van der Waals surface area contributed by atoms with Crippen LogP contribution in [0.3, 0.4) is 0 Å². The number of aryl methyl sites for hydroxylation is 1. The summed E-state index contributed by atoms with van der Waals surface area (Å²) in [7, 11) is 2.03. The van der Waals surface area contributed by atoms with Crippen LogP contribution in [0.25, 0.3) is 0 Å². The van der Waals surface area contributed by atoms with E-state index in [0.717, 1.165) is 25.3 Å². The standard InChI is InChI=1S/C16H23FN2/c1-18-10-12-3-2-8-19(11-12)16-7-4-13-9-14(17)5-6-15(13)16/h5-6,9,12,16,18H,2-4,7-8,10-11H2,1H3. The first-order chi connectivity index (χ1) is 9.28. The summed E-state index contributed by atoms with van der Waals surface area (Å²) >= 11 is 0. The Balaban J connectivity index is 1.74. The van der Waals surface area contributed by atoms with Crippen LogP contribution in [0.5, 0.6) is 0 Å². The second kappa shape index (κ2) is 5.59. The van der Waals surface area contributed by atoms with E-state index < -0.39 is 0 Å². The average Bonchev–Trinajstić information content (AvgIpc) is 2.82. The predicted octanol–water partition coefficient (Wildman–Crippen LogP) is 2.74. The molecule has 2 unspecified atom stereocenters. The van der Waals surface area contributed by atoms with Gasteiger partial charge in [0.25, 0.3) is 0 Å². The van der Waals surface area contributed by atoms with Gasteiger partial charge in [-0.25, -0.2) is 4.39 Å². The first-order valence-corrected chi connectivity index (χ1v) is 7.45. The summed E-state index contributed by atoms with van der Waals surface area (Å²) in [5, 5.41) is 3.30. The number of benzene rings is 1. The summed E-state index contributed by atoms with van der Waals surface area (Å²) in [6, 6.07) is 5.87. The van der Waals surface area contributed by atoms with Gasteiger partial charge in [-0.2, -0.15) is 0 Å². The molecule has 3 rings (SSSR count). The van der Waals surface area contributed by atoms with Crippen LogP contribution in [0.1, 0.15) is 36.4 Å². The summed E-state index contributed by atoms with van der Waals surface area (Å²) < 4.78 is 13.3.